The lowest BCUT2D eigenvalue weighted by Crippen LogP contribution is -2.27. The van der Waals surface area contributed by atoms with E-state index in [0.717, 1.165) is 17.0 Å². The van der Waals surface area contributed by atoms with Gasteiger partial charge in [-0.1, -0.05) is 26.0 Å². The summed E-state index contributed by atoms with van der Waals surface area (Å²) in [4.78, 5) is 12.7. The number of halogens is 1. The summed E-state index contributed by atoms with van der Waals surface area (Å²) in [5.41, 5.74) is 3.26. The van der Waals surface area contributed by atoms with Gasteiger partial charge in [0.15, 0.2) is 0 Å². The van der Waals surface area contributed by atoms with Crippen molar-refractivity contribution < 1.29 is 13.9 Å². The van der Waals surface area contributed by atoms with Crippen molar-refractivity contribution in [2.75, 3.05) is 13.7 Å². The van der Waals surface area contributed by atoms with Crippen LogP contribution in [-0.2, 0) is 0 Å². The molecule has 0 spiro atoms. The van der Waals surface area contributed by atoms with E-state index in [1.54, 1.807) is 29.9 Å². The van der Waals surface area contributed by atoms with E-state index < -0.39 is 0 Å². The van der Waals surface area contributed by atoms with Gasteiger partial charge in [-0.25, -0.2) is 4.39 Å². The quantitative estimate of drug-likeness (QED) is 0.655. The number of nitrogens with zero attached hydrogens (tertiary/aromatic N) is 1. The molecular formula is C23H25FN2O2. The Kier molecular flexibility index (Phi) is 5.83. The van der Waals surface area contributed by atoms with Crippen LogP contribution in [0.15, 0.2) is 54.6 Å². The van der Waals surface area contributed by atoms with E-state index in [0.29, 0.717) is 29.4 Å². The van der Waals surface area contributed by atoms with E-state index in [9.17, 15) is 9.18 Å². The zero-order valence-electron chi connectivity index (χ0n) is 16.6. The lowest BCUT2D eigenvalue weighted by Gasteiger charge is -2.13. The molecule has 1 heterocycles. The second kappa shape index (κ2) is 8.30. The molecule has 0 unspecified atom stereocenters. The van der Waals surface area contributed by atoms with Gasteiger partial charge in [0.2, 0.25) is 0 Å². The van der Waals surface area contributed by atoms with Gasteiger partial charge in [0, 0.05) is 12.2 Å². The highest BCUT2D eigenvalue weighted by molar-refractivity contribution is 5.97. The van der Waals surface area contributed by atoms with Gasteiger partial charge in [0.25, 0.3) is 5.91 Å². The van der Waals surface area contributed by atoms with E-state index in [2.05, 4.69) is 5.32 Å². The molecule has 1 amide bonds. The lowest BCUT2D eigenvalue weighted by atomic mass is 10.1. The predicted octanol–water partition coefficient (Wildman–Crippen LogP) is 4.99. The van der Waals surface area contributed by atoms with E-state index in [4.69, 9.17) is 4.74 Å². The summed E-state index contributed by atoms with van der Waals surface area (Å²) >= 11 is 0. The topological polar surface area (TPSA) is 43.3 Å². The molecule has 146 valence electrons. The normalized spacial score (nSPS) is 10.9. The molecule has 5 heteroatoms. The van der Waals surface area contributed by atoms with Crippen LogP contribution in [0.4, 0.5) is 4.39 Å². The maximum Gasteiger partial charge on any atom is 0.253 e. The molecule has 0 radical (unpaired) electrons. The Labute approximate surface area is 165 Å². The van der Waals surface area contributed by atoms with Crippen molar-refractivity contribution in [2.24, 2.45) is 5.92 Å². The van der Waals surface area contributed by atoms with Gasteiger partial charge in [-0.2, -0.15) is 0 Å². The number of benzene rings is 2. The number of amides is 1. The van der Waals surface area contributed by atoms with Crippen LogP contribution in [0.3, 0.4) is 0 Å². The standard InChI is InChI=1S/C23H25FN2O2/c1-15(2)14-25-23(27)19-13-22(17-9-11-18(28-4)12-10-17)26(16(19)3)21-8-6-5-7-20(21)24/h5-13,15H,14H2,1-4H3,(H,25,27). The first kappa shape index (κ1) is 19.7. The van der Waals surface area contributed by atoms with Crippen molar-refractivity contribution in [3.63, 3.8) is 0 Å². The number of carbonyl (C=O) groups excluding carboxylic acids is 1. The third kappa shape index (κ3) is 3.93. The molecule has 0 aliphatic heterocycles. The molecule has 2 aromatic carbocycles. The number of hydrogen-bond donors (Lipinski definition) is 1. The zero-order chi connectivity index (χ0) is 20.3. The Balaban J connectivity index is 2.14. The number of para-hydroxylation sites is 1. The van der Waals surface area contributed by atoms with Crippen LogP contribution in [0.2, 0.25) is 0 Å². The third-order valence-electron chi connectivity index (χ3n) is 4.64. The van der Waals surface area contributed by atoms with Gasteiger partial charge in [-0.3, -0.25) is 4.79 Å². The second-order valence-electron chi connectivity index (χ2n) is 7.15. The SMILES string of the molecule is COc1ccc(-c2cc(C(=O)NCC(C)C)c(C)n2-c2ccccc2F)cc1. The molecule has 3 aromatic rings. The van der Waals surface area contributed by atoms with E-state index in [1.165, 1.54) is 6.07 Å². The van der Waals surface area contributed by atoms with Gasteiger partial charge in [0.05, 0.1) is 24.1 Å². The highest BCUT2D eigenvalue weighted by Gasteiger charge is 2.21. The minimum Gasteiger partial charge on any atom is -0.497 e. The maximum atomic E-state index is 14.6. The molecule has 0 saturated carbocycles. The number of hydrogen-bond acceptors (Lipinski definition) is 2. The number of rotatable bonds is 6. The fourth-order valence-electron chi connectivity index (χ4n) is 3.15. The Bertz CT molecular complexity index is 975. The number of ether oxygens (including phenoxy) is 1. The van der Waals surface area contributed by atoms with Crippen LogP contribution >= 0.6 is 0 Å². The summed E-state index contributed by atoms with van der Waals surface area (Å²) in [5.74, 6) is 0.583. The largest absolute Gasteiger partial charge is 0.497 e. The first-order valence-corrected chi connectivity index (χ1v) is 9.32. The van der Waals surface area contributed by atoms with Gasteiger partial charge in [-0.05, 0) is 60.9 Å². The summed E-state index contributed by atoms with van der Waals surface area (Å²) in [7, 11) is 1.61. The lowest BCUT2D eigenvalue weighted by molar-refractivity contribution is 0.0948. The fraction of sp³-hybridized carbons (Fsp3) is 0.261. The average Bonchev–Trinajstić information content (AvgIpc) is 3.03. The van der Waals surface area contributed by atoms with Crippen LogP contribution in [-0.4, -0.2) is 24.1 Å². The number of aromatic nitrogens is 1. The van der Waals surface area contributed by atoms with Crippen molar-refractivity contribution in [3.05, 3.63) is 71.7 Å². The molecule has 0 aliphatic rings. The number of methoxy groups -OCH3 is 1. The van der Waals surface area contributed by atoms with Crippen LogP contribution < -0.4 is 10.1 Å². The Morgan fingerprint density at radius 3 is 2.43 bits per heavy atom. The van der Waals surface area contributed by atoms with Crippen molar-refractivity contribution in [3.8, 4) is 22.7 Å². The minimum absolute atomic E-state index is 0.156. The Morgan fingerprint density at radius 1 is 1.14 bits per heavy atom. The summed E-state index contributed by atoms with van der Waals surface area (Å²) in [6.07, 6.45) is 0. The van der Waals surface area contributed by atoms with Crippen LogP contribution in [0.25, 0.3) is 16.9 Å². The summed E-state index contributed by atoms with van der Waals surface area (Å²) in [5, 5.41) is 2.95. The van der Waals surface area contributed by atoms with Crippen LogP contribution in [0.5, 0.6) is 5.75 Å². The minimum atomic E-state index is -0.342. The summed E-state index contributed by atoms with van der Waals surface area (Å²) < 4.78 is 21.6. The van der Waals surface area contributed by atoms with Gasteiger partial charge in [-0.15, -0.1) is 0 Å². The fourth-order valence-corrected chi connectivity index (χ4v) is 3.15. The Hall–Kier alpha value is -3.08. The molecule has 1 N–H and O–H groups in total. The second-order valence-corrected chi connectivity index (χ2v) is 7.15. The molecule has 0 bridgehead atoms. The van der Waals surface area contributed by atoms with Crippen molar-refractivity contribution >= 4 is 5.91 Å². The molecule has 28 heavy (non-hydrogen) atoms. The Morgan fingerprint density at radius 2 is 1.82 bits per heavy atom. The smallest absolute Gasteiger partial charge is 0.253 e. The molecule has 0 saturated heterocycles. The van der Waals surface area contributed by atoms with Crippen LogP contribution in [0, 0.1) is 18.7 Å². The monoisotopic (exact) mass is 380 g/mol. The first-order valence-electron chi connectivity index (χ1n) is 9.32. The zero-order valence-corrected chi connectivity index (χ0v) is 16.6. The van der Waals surface area contributed by atoms with Crippen molar-refractivity contribution in [1.29, 1.82) is 0 Å². The molecule has 0 atom stereocenters. The molecule has 1 aromatic heterocycles. The molecule has 0 aliphatic carbocycles. The van der Waals surface area contributed by atoms with E-state index >= 15 is 0 Å². The average molecular weight is 380 g/mol. The third-order valence-corrected chi connectivity index (χ3v) is 4.64. The van der Waals surface area contributed by atoms with Gasteiger partial charge >= 0.3 is 0 Å². The van der Waals surface area contributed by atoms with Crippen LogP contribution in [0.1, 0.15) is 29.9 Å². The summed E-state index contributed by atoms with van der Waals surface area (Å²) in [6, 6.07) is 15.9. The van der Waals surface area contributed by atoms with Gasteiger partial charge < -0.3 is 14.6 Å². The maximum absolute atomic E-state index is 14.6. The molecule has 4 nitrogen and oxygen atoms in total. The van der Waals surface area contributed by atoms with E-state index in [-0.39, 0.29) is 11.7 Å². The molecule has 0 fully saturated rings. The predicted molar refractivity (Wildman–Crippen MR) is 110 cm³/mol. The molecular weight excluding hydrogens is 355 g/mol. The highest BCUT2D eigenvalue weighted by Crippen LogP contribution is 2.31. The number of nitrogens with one attached hydrogen (secondary N) is 1. The first-order chi connectivity index (χ1) is 13.4. The summed E-state index contributed by atoms with van der Waals surface area (Å²) in [6.45, 7) is 6.51. The van der Waals surface area contributed by atoms with Crippen molar-refractivity contribution in [1.82, 2.24) is 9.88 Å². The number of carbonyl (C=O) groups is 1. The van der Waals surface area contributed by atoms with E-state index in [1.807, 2.05) is 51.1 Å². The molecule has 3 rings (SSSR count). The van der Waals surface area contributed by atoms with Gasteiger partial charge in [0.1, 0.15) is 11.6 Å². The van der Waals surface area contributed by atoms with Crippen molar-refractivity contribution in [2.45, 2.75) is 20.8 Å². The highest BCUT2D eigenvalue weighted by atomic mass is 19.1.